The maximum atomic E-state index is 5.71. The van der Waals surface area contributed by atoms with E-state index in [0.717, 1.165) is 12.2 Å². The van der Waals surface area contributed by atoms with Crippen LogP contribution in [0.25, 0.3) is 21.9 Å². The Morgan fingerprint density at radius 1 is 0.826 bits per heavy atom. The van der Waals surface area contributed by atoms with Crippen LogP contribution in [0.2, 0.25) is 0 Å². The SMILES string of the molecule is CC=CCOc1ccc2cc(-c3ccc(CC)cc3)ccc2c1. The van der Waals surface area contributed by atoms with Crippen LogP contribution >= 0.6 is 0 Å². The number of hydrogen-bond acceptors (Lipinski definition) is 1. The van der Waals surface area contributed by atoms with Crippen LogP contribution in [-0.2, 0) is 6.42 Å². The van der Waals surface area contributed by atoms with Gasteiger partial charge in [0.15, 0.2) is 0 Å². The molecule has 0 atom stereocenters. The molecule has 0 aliphatic carbocycles. The minimum absolute atomic E-state index is 0.615. The molecule has 0 radical (unpaired) electrons. The maximum absolute atomic E-state index is 5.71. The van der Waals surface area contributed by atoms with E-state index in [1.54, 1.807) is 0 Å². The second-order valence-electron chi connectivity index (χ2n) is 5.65. The van der Waals surface area contributed by atoms with Gasteiger partial charge >= 0.3 is 0 Å². The molecule has 0 spiro atoms. The number of rotatable bonds is 5. The molecule has 0 aliphatic rings. The highest BCUT2D eigenvalue weighted by atomic mass is 16.5. The third-order valence-electron chi connectivity index (χ3n) is 4.09. The fourth-order valence-electron chi connectivity index (χ4n) is 2.67. The smallest absolute Gasteiger partial charge is 0.120 e. The zero-order valence-corrected chi connectivity index (χ0v) is 13.8. The van der Waals surface area contributed by atoms with Gasteiger partial charge in [-0.15, -0.1) is 0 Å². The van der Waals surface area contributed by atoms with Gasteiger partial charge in [-0.3, -0.25) is 0 Å². The van der Waals surface area contributed by atoms with Crippen molar-refractivity contribution >= 4 is 10.8 Å². The Kier molecular flexibility index (Phi) is 4.77. The minimum Gasteiger partial charge on any atom is -0.490 e. The van der Waals surface area contributed by atoms with Crippen LogP contribution in [0.15, 0.2) is 72.8 Å². The van der Waals surface area contributed by atoms with E-state index in [4.69, 9.17) is 4.74 Å². The van der Waals surface area contributed by atoms with Crippen molar-refractivity contribution in [3.63, 3.8) is 0 Å². The summed E-state index contributed by atoms with van der Waals surface area (Å²) in [5, 5.41) is 2.44. The molecule has 116 valence electrons. The molecule has 0 amide bonds. The lowest BCUT2D eigenvalue weighted by Crippen LogP contribution is -1.92. The minimum atomic E-state index is 0.615. The predicted molar refractivity (Wildman–Crippen MR) is 99.1 cm³/mol. The summed E-state index contributed by atoms with van der Waals surface area (Å²) in [7, 11) is 0. The Labute approximate surface area is 138 Å². The van der Waals surface area contributed by atoms with Crippen LogP contribution in [-0.4, -0.2) is 6.61 Å². The Bertz CT molecular complexity index is 813. The monoisotopic (exact) mass is 302 g/mol. The van der Waals surface area contributed by atoms with Gasteiger partial charge in [-0.05, 0) is 59.0 Å². The lowest BCUT2D eigenvalue weighted by molar-refractivity contribution is 0.363. The Balaban J connectivity index is 1.88. The second-order valence-corrected chi connectivity index (χ2v) is 5.65. The van der Waals surface area contributed by atoms with Gasteiger partial charge in [0.05, 0.1) is 0 Å². The fourth-order valence-corrected chi connectivity index (χ4v) is 2.67. The van der Waals surface area contributed by atoms with E-state index in [-0.39, 0.29) is 0 Å². The molecular weight excluding hydrogens is 280 g/mol. The Morgan fingerprint density at radius 2 is 1.52 bits per heavy atom. The molecule has 0 saturated carbocycles. The molecule has 0 N–H and O–H groups in total. The van der Waals surface area contributed by atoms with Crippen LogP contribution in [0.5, 0.6) is 5.75 Å². The predicted octanol–water partition coefficient (Wildman–Crippen LogP) is 6.02. The third-order valence-corrected chi connectivity index (χ3v) is 4.09. The number of hydrogen-bond donors (Lipinski definition) is 0. The standard InChI is InChI=1S/C22H22O/c1-3-5-14-23-22-13-12-20-15-19(10-11-21(20)16-22)18-8-6-17(4-2)7-9-18/h3,5-13,15-16H,4,14H2,1-2H3. The molecule has 0 fully saturated rings. The first-order valence-corrected chi connectivity index (χ1v) is 8.17. The first kappa shape index (κ1) is 15.4. The molecule has 0 saturated heterocycles. The van der Waals surface area contributed by atoms with Crippen molar-refractivity contribution in [3.05, 3.63) is 78.4 Å². The first-order chi connectivity index (χ1) is 11.3. The molecule has 3 aromatic rings. The number of benzene rings is 3. The first-order valence-electron chi connectivity index (χ1n) is 8.17. The van der Waals surface area contributed by atoms with Crippen molar-refractivity contribution in [2.24, 2.45) is 0 Å². The number of ether oxygens (including phenoxy) is 1. The van der Waals surface area contributed by atoms with E-state index in [1.807, 2.05) is 25.1 Å². The van der Waals surface area contributed by atoms with Crippen LogP contribution in [0.3, 0.4) is 0 Å². The van der Waals surface area contributed by atoms with Gasteiger partial charge in [0.1, 0.15) is 12.4 Å². The van der Waals surface area contributed by atoms with E-state index in [0.29, 0.717) is 6.61 Å². The highest BCUT2D eigenvalue weighted by Gasteiger charge is 2.02. The molecule has 1 nitrogen and oxygen atoms in total. The molecule has 0 aromatic heterocycles. The quantitative estimate of drug-likeness (QED) is 0.523. The van der Waals surface area contributed by atoms with Crippen LogP contribution in [0.4, 0.5) is 0 Å². The van der Waals surface area contributed by atoms with Crippen molar-refractivity contribution in [3.8, 4) is 16.9 Å². The molecule has 3 aromatic carbocycles. The van der Waals surface area contributed by atoms with Crippen molar-refractivity contribution in [2.45, 2.75) is 20.3 Å². The van der Waals surface area contributed by atoms with Crippen LogP contribution in [0.1, 0.15) is 19.4 Å². The zero-order chi connectivity index (χ0) is 16.1. The second kappa shape index (κ2) is 7.15. The summed E-state index contributed by atoms with van der Waals surface area (Å²) in [5.74, 6) is 0.913. The zero-order valence-electron chi connectivity index (χ0n) is 13.8. The van der Waals surface area contributed by atoms with Gasteiger partial charge in [-0.1, -0.05) is 61.5 Å². The molecule has 0 aliphatic heterocycles. The highest BCUT2D eigenvalue weighted by Crippen LogP contribution is 2.27. The van der Waals surface area contributed by atoms with Crippen LogP contribution in [0, 0.1) is 0 Å². The van der Waals surface area contributed by atoms with Crippen molar-refractivity contribution in [1.29, 1.82) is 0 Å². The summed E-state index contributed by atoms with van der Waals surface area (Å²) in [4.78, 5) is 0. The van der Waals surface area contributed by atoms with Gasteiger partial charge in [-0.2, -0.15) is 0 Å². The fraction of sp³-hybridized carbons (Fsp3) is 0.182. The molecule has 23 heavy (non-hydrogen) atoms. The molecule has 0 bridgehead atoms. The van der Waals surface area contributed by atoms with Gasteiger partial charge < -0.3 is 4.74 Å². The Morgan fingerprint density at radius 3 is 2.26 bits per heavy atom. The van der Waals surface area contributed by atoms with Gasteiger partial charge in [-0.25, -0.2) is 0 Å². The molecule has 3 rings (SSSR count). The van der Waals surface area contributed by atoms with E-state index < -0.39 is 0 Å². The average Bonchev–Trinajstić information content (AvgIpc) is 2.61. The number of aryl methyl sites for hydroxylation is 1. The molecule has 0 heterocycles. The van der Waals surface area contributed by atoms with Crippen molar-refractivity contribution < 1.29 is 4.74 Å². The summed E-state index contributed by atoms with van der Waals surface area (Å²) in [6.45, 7) is 4.79. The van der Waals surface area contributed by atoms with E-state index in [9.17, 15) is 0 Å². The molecule has 0 unspecified atom stereocenters. The van der Waals surface area contributed by atoms with Gasteiger partial charge in [0.2, 0.25) is 0 Å². The average molecular weight is 302 g/mol. The van der Waals surface area contributed by atoms with E-state index in [2.05, 4.69) is 61.5 Å². The number of allylic oxidation sites excluding steroid dienone is 1. The largest absolute Gasteiger partial charge is 0.490 e. The number of fused-ring (bicyclic) bond motifs is 1. The lowest BCUT2D eigenvalue weighted by Gasteiger charge is -2.08. The maximum Gasteiger partial charge on any atom is 0.120 e. The van der Waals surface area contributed by atoms with Gasteiger partial charge in [0.25, 0.3) is 0 Å². The summed E-state index contributed by atoms with van der Waals surface area (Å²) in [5.41, 5.74) is 3.89. The molecule has 1 heteroatoms. The summed E-state index contributed by atoms with van der Waals surface area (Å²) >= 11 is 0. The van der Waals surface area contributed by atoms with E-state index >= 15 is 0 Å². The van der Waals surface area contributed by atoms with Gasteiger partial charge in [0, 0.05) is 0 Å². The van der Waals surface area contributed by atoms with E-state index in [1.165, 1.54) is 27.5 Å². The van der Waals surface area contributed by atoms with Crippen molar-refractivity contribution in [1.82, 2.24) is 0 Å². The normalized spacial score (nSPS) is 11.2. The Hall–Kier alpha value is -2.54. The van der Waals surface area contributed by atoms with Crippen LogP contribution < -0.4 is 4.74 Å². The summed E-state index contributed by atoms with van der Waals surface area (Å²) in [6.07, 6.45) is 5.08. The highest BCUT2D eigenvalue weighted by molar-refractivity contribution is 5.88. The summed E-state index contributed by atoms with van der Waals surface area (Å²) in [6, 6.07) is 21.7. The molecular formula is C22H22O. The lowest BCUT2D eigenvalue weighted by atomic mass is 10.00. The topological polar surface area (TPSA) is 9.23 Å². The van der Waals surface area contributed by atoms with Crippen molar-refractivity contribution in [2.75, 3.05) is 6.61 Å². The third kappa shape index (κ3) is 3.62. The summed E-state index contributed by atoms with van der Waals surface area (Å²) < 4.78 is 5.71.